The Morgan fingerprint density at radius 2 is 0.625 bits per heavy atom. The fraction of sp³-hybridized carbons (Fsp3) is 0.0328. The molecule has 0 unspecified atom stereocenters. The summed E-state index contributed by atoms with van der Waals surface area (Å²) in [7, 11) is 0. The highest BCUT2D eigenvalue weighted by Crippen LogP contribution is 2.57. The highest BCUT2D eigenvalue weighted by Gasteiger charge is 2.46. The molecule has 128 heavy (non-hydrogen) atoms. The minimum atomic E-state index is -0.881. The zero-order valence-corrected chi connectivity index (χ0v) is 69.7. The predicted octanol–water partition coefficient (Wildman–Crippen LogP) is 31.0. The van der Waals surface area contributed by atoms with Crippen LogP contribution in [0.25, 0.3) is 192 Å². The lowest BCUT2D eigenvalue weighted by molar-refractivity contribution is 0.591. The van der Waals surface area contributed by atoms with E-state index in [1.54, 1.807) is 9.13 Å². The minimum absolute atomic E-state index is 0.0721. The van der Waals surface area contributed by atoms with Gasteiger partial charge in [0.1, 0.15) is 0 Å². The van der Waals surface area contributed by atoms with Crippen molar-refractivity contribution < 1.29 is 21.9 Å². The number of fused-ring (bicyclic) bond motifs is 19. The fourth-order valence-electron chi connectivity index (χ4n) is 20.7. The van der Waals surface area contributed by atoms with Crippen molar-refractivity contribution in [3.8, 4) is 83.8 Å². The number of nitrogens with zero attached hydrogens (tertiary/aromatic N) is 5. The molecule has 21 aromatic carbocycles. The molecule has 2 aliphatic heterocycles. The largest absolute Gasteiger partial charge is 0.310 e. The average molecular weight is 1640 g/mol. The first kappa shape index (κ1) is 58.7. The Bertz CT molecular complexity index is 9530. The normalized spacial score (nSPS) is 14.4. The Balaban J connectivity index is 0.881. The van der Waals surface area contributed by atoms with Gasteiger partial charge in [-0.1, -0.05) is 342 Å². The van der Waals surface area contributed by atoms with E-state index in [1.807, 2.05) is 91.0 Å². The third-order valence-corrected chi connectivity index (χ3v) is 26.6. The maximum Gasteiger partial charge on any atom is 0.252 e. The number of para-hydroxylation sites is 7. The van der Waals surface area contributed by atoms with Crippen molar-refractivity contribution in [1.29, 1.82) is 0 Å². The topological polar surface area (TPSA) is 21.3 Å². The van der Waals surface area contributed by atoms with Crippen molar-refractivity contribution in [3.63, 3.8) is 0 Å². The van der Waals surface area contributed by atoms with Crippen molar-refractivity contribution in [3.05, 3.63) is 448 Å². The number of hydrogen-bond acceptors (Lipinski definition) is 2. The summed E-state index contributed by atoms with van der Waals surface area (Å²) in [5.74, 6) is 0. The Labute approximate surface area is 765 Å². The maximum absolute atomic E-state index is 10.2. The van der Waals surface area contributed by atoms with Crippen LogP contribution in [-0.2, 0) is 5.41 Å². The molecule has 2 aliphatic rings. The predicted molar refractivity (Wildman–Crippen MR) is 545 cm³/mol. The average Bonchev–Trinajstić information content (AvgIpc) is 1.63. The van der Waals surface area contributed by atoms with Gasteiger partial charge in [0.05, 0.1) is 66.4 Å². The monoisotopic (exact) mass is 1640 g/mol. The smallest absolute Gasteiger partial charge is 0.252 e. The van der Waals surface area contributed by atoms with Gasteiger partial charge in [-0.3, -0.25) is 0 Å². The first-order valence-electron chi connectivity index (χ1n) is 51.3. The van der Waals surface area contributed by atoms with Gasteiger partial charge >= 0.3 is 0 Å². The molecule has 0 aliphatic carbocycles. The van der Waals surface area contributed by atoms with Crippen molar-refractivity contribution in [2.75, 3.05) is 9.80 Å². The van der Waals surface area contributed by atoms with Crippen molar-refractivity contribution in [1.82, 2.24) is 13.7 Å². The second kappa shape index (κ2) is 28.6. The van der Waals surface area contributed by atoms with E-state index in [2.05, 4.69) is 290 Å². The van der Waals surface area contributed by atoms with Crippen molar-refractivity contribution >= 4 is 166 Å². The maximum atomic E-state index is 10.2. The lowest BCUT2D eigenvalue weighted by Crippen LogP contribution is -2.61. The van der Waals surface area contributed by atoms with E-state index in [4.69, 9.17) is 0 Å². The zero-order valence-electron chi connectivity index (χ0n) is 85.7. The summed E-state index contributed by atoms with van der Waals surface area (Å²) in [4.78, 5) is 4.75. The van der Waals surface area contributed by atoms with Crippen LogP contribution in [0.3, 0.4) is 0 Å². The van der Waals surface area contributed by atoms with Crippen molar-refractivity contribution in [2.45, 2.75) is 26.2 Å². The Morgan fingerprint density at radius 1 is 0.227 bits per heavy atom. The summed E-state index contributed by atoms with van der Waals surface area (Å²) >= 11 is 0. The number of anilines is 6. The van der Waals surface area contributed by atoms with Gasteiger partial charge in [0.15, 0.2) is 0 Å². The summed E-state index contributed by atoms with van der Waals surface area (Å²) in [5, 5.41) is 9.98. The van der Waals surface area contributed by atoms with Crippen LogP contribution in [0, 0.1) is 0 Å². The Morgan fingerprint density at radius 3 is 1.16 bits per heavy atom. The number of rotatable bonds is 11. The molecule has 0 N–H and O–H groups in total. The first-order valence-corrected chi connectivity index (χ1v) is 43.3. The van der Waals surface area contributed by atoms with Crippen LogP contribution in [0.5, 0.6) is 0 Å². The highest BCUT2D eigenvalue weighted by atomic mass is 15.2. The summed E-state index contributed by atoms with van der Waals surface area (Å²) in [5.41, 5.74) is 20.0. The second-order valence-electron chi connectivity index (χ2n) is 34.6. The molecule has 6 heteroatoms. The molecular weight excluding hydrogens is 1550 g/mol. The van der Waals surface area contributed by atoms with Crippen LogP contribution in [-0.4, -0.2) is 20.4 Å². The molecule has 24 aromatic rings. The van der Waals surface area contributed by atoms with Crippen molar-refractivity contribution in [2.24, 2.45) is 0 Å². The summed E-state index contributed by atoms with van der Waals surface area (Å²) < 4.78 is 161. The zero-order chi connectivity index (χ0) is 98.5. The fourth-order valence-corrected chi connectivity index (χ4v) is 20.7. The van der Waals surface area contributed by atoms with E-state index in [9.17, 15) is 21.9 Å². The summed E-state index contributed by atoms with van der Waals surface area (Å²) in [6, 6.07) is 113. The lowest BCUT2D eigenvalue weighted by Gasteiger charge is -2.46. The molecule has 598 valence electrons. The van der Waals surface area contributed by atoms with Crippen LogP contribution in [0.1, 0.15) is 48.3 Å². The molecule has 0 saturated heterocycles. The standard InChI is InChI=1S/C122H82BN5/c1-122(2,3)89-73-104(78-31-9-5-10-32-78)121(105(74-89)83-36-27-35-81(67-83)77-29-7-4-8-30-77)128-116-76-92(126-111-50-24-19-43-101(111)102-44-20-25-51-112(102)126)61-65-108(116)123-107-64-60-91(125-109-48-22-17-41-99(109)100-42-18-23-49-110(100)125)75-115(107)127(117-71-88(72-118(128)119(117)123)82-59-66-114-106(70-82)103-45-21-26-52-113(103)124(114)90-37-11-6-12-38-90)120-97(86-57-62-95-84(68-86)55-53-79-33-13-15-39-93(79)95)46-28-47-98(120)87-58-63-96-85(69-87)56-54-80-34-14-16-40-94(80)96/h4-76H,1-3H3/i17D,18D,19D,20D,22D,23D,24D,25D,41D,42D,43D,44D,48D,49D,50D,51D. The van der Waals surface area contributed by atoms with E-state index in [1.165, 1.54) is 0 Å². The third kappa shape index (κ3) is 11.4. The third-order valence-electron chi connectivity index (χ3n) is 26.6. The van der Waals surface area contributed by atoms with E-state index in [0.29, 0.717) is 39.4 Å². The second-order valence-corrected chi connectivity index (χ2v) is 34.6. The molecule has 0 atom stereocenters. The molecule has 0 bridgehead atoms. The molecular formula is C122H82BN5. The van der Waals surface area contributed by atoms with Gasteiger partial charge in [0.25, 0.3) is 6.71 Å². The van der Waals surface area contributed by atoms with E-state index < -0.39 is 109 Å². The molecule has 0 amide bonds. The minimum Gasteiger partial charge on any atom is -0.310 e. The molecule has 0 saturated carbocycles. The molecule has 0 fully saturated rings. The lowest BCUT2D eigenvalue weighted by atomic mass is 9.33. The summed E-state index contributed by atoms with van der Waals surface area (Å²) in [6.07, 6.45) is 0. The van der Waals surface area contributed by atoms with Gasteiger partial charge in [0, 0.05) is 94.4 Å². The van der Waals surface area contributed by atoms with Gasteiger partial charge in [-0.25, -0.2) is 0 Å². The molecule has 5 nitrogen and oxygen atoms in total. The van der Waals surface area contributed by atoms with E-state index in [0.717, 1.165) is 154 Å². The molecule has 26 rings (SSSR count). The number of benzene rings is 21. The van der Waals surface area contributed by atoms with Crippen LogP contribution in [0.15, 0.2) is 442 Å². The SMILES string of the molecule is [2H]c1c([2H])c([2H])c2c(c1[2H])c1c([2H])c([2H])c([2H])c([2H])c1n2-c1ccc2c(c1)N(c1c(-c3ccc4c(ccc5ccccc54)c3)cccc1-c1ccc3c(ccc4ccccc43)c1)c1cc(-c3ccc4c(c3)c3ccccc3n4-c3ccccc3)cc3c1B2c1ccc(-n2c4c([2H])c([2H])c([2H])c([2H])c4c4c([2H])c([2H])c([2H])c([2H])c42)cc1N3c1c(-c2ccccc2)cc(C(C)(C)C)cc1-c1cccc(-c2ccccc2)c1. The van der Waals surface area contributed by atoms with Gasteiger partial charge in [-0.2, -0.15) is 0 Å². The first-order chi connectivity index (χ1) is 69.8. The van der Waals surface area contributed by atoms with E-state index >= 15 is 0 Å². The van der Waals surface area contributed by atoms with Gasteiger partial charge in [0.2, 0.25) is 0 Å². The van der Waals surface area contributed by atoms with Crippen LogP contribution in [0.2, 0.25) is 0 Å². The Kier molecular flexibility index (Phi) is 13.1. The highest BCUT2D eigenvalue weighted by molar-refractivity contribution is 7.00. The molecule has 0 spiro atoms. The number of aromatic nitrogens is 3. The number of hydrogen-bond donors (Lipinski definition) is 0. The molecule has 3 aromatic heterocycles. The van der Waals surface area contributed by atoms with Crippen LogP contribution < -0.4 is 26.2 Å². The van der Waals surface area contributed by atoms with Gasteiger partial charge < -0.3 is 23.5 Å². The van der Waals surface area contributed by atoms with Gasteiger partial charge in [-0.05, 0) is 236 Å². The van der Waals surface area contributed by atoms with E-state index in [-0.39, 0.29) is 55.0 Å². The molecule has 5 heterocycles. The van der Waals surface area contributed by atoms with Gasteiger partial charge in [-0.15, -0.1) is 0 Å². The van der Waals surface area contributed by atoms with Crippen LogP contribution >= 0.6 is 0 Å². The quantitative estimate of drug-likeness (QED) is 0.0951. The molecule has 0 radical (unpaired) electrons. The van der Waals surface area contributed by atoms with Crippen LogP contribution in [0.4, 0.5) is 34.1 Å². The summed E-state index contributed by atoms with van der Waals surface area (Å²) in [6.45, 7) is 5.78. The Hall–Kier alpha value is -16.3.